The normalized spacial score (nSPS) is 14.2. The second-order valence-electron chi connectivity index (χ2n) is 4.01. The zero-order valence-electron chi connectivity index (χ0n) is 9.68. The summed E-state index contributed by atoms with van der Waals surface area (Å²) in [5.41, 5.74) is 0.754. The Labute approximate surface area is 95.7 Å². The van der Waals surface area contributed by atoms with Gasteiger partial charge in [-0.05, 0) is 25.0 Å². The lowest BCUT2D eigenvalue weighted by Gasteiger charge is -2.19. The highest BCUT2D eigenvalue weighted by atomic mass is 16.3. The van der Waals surface area contributed by atoms with Gasteiger partial charge in [-0.25, -0.2) is 0 Å². The van der Waals surface area contributed by atoms with Gasteiger partial charge in [-0.3, -0.25) is 9.78 Å². The first-order chi connectivity index (χ1) is 7.63. The van der Waals surface area contributed by atoms with Crippen molar-refractivity contribution in [2.75, 3.05) is 6.61 Å². The predicted octanol–water partition coefficient (Wildman–Crippen LogP) is 0.757. The summed E-state index contributed by atoms with van der Waals surface area (Å²) in [4.78, 5) is 15.7. The summed E-state index contributed by atoms with van der Waals surface area (Å²) in [6.07, 6.45) is 1.95. The number of nitrogens with zero attached hydrogens (tertiary/aromatic N) is 1. The van der Waals surface area contributed by atoms with E-state index in [9.17, 15) is 4.79 Å². The molecule has 1 rings (SSSR count). The van der Waals surface area contributed by atoms with Crippen LogP contribution in [0.25, 0.3) is 0 Å². The Kier molecular flexibility index (Phi) is 4.92. The fraction of sp³-hybridized carbons (Fsp3) is 0.500. The number of aliphatic hydroxyl groups is 1. The van der Waals surface area contributed by atoms with Crippen molar-refractivity contribution in [3.63, 3.8) is 0 Å². The van der Waals surface area contributed by atoms with Gasteiger partial charge < -0.3 is 10.4 Å². The Morgan fingerprint density at radius 2 is 2.25 bits per heavy atom. The van der Waals surface area contributed by atoms with Crippen molar-refractivity contribution < 1.29 is 9.90 Å². The first kappa shape index (κ1) is 12.6. The van der Waals surface area contributed by atoms with Crippen molar-refractivity contribution in [2.24, 2.45) is 5.92 Å². The zero-order valence-corrected chi connectivity index (χ0v) is 9.68. The molecule has 1 heterocycles. The monoisotopic (exact) mass is 222 g/mol. The smallest absolute Gasteiger partial charge is 0.226 e. The molecule has 1 amide bonds. The van der Waals surface area contributed by atoms with Gasteiger partial charge in [-0.15, -0.1) is 0 Å². The first-order valence-electron chi connectivity index (χ1n) is 5.43. The summed E-state index contributed by atoms with van der Waals surface area (Å²) in [6.45, 7) is 3.86. The van der Waals surface area contributed by atoms with Gasteiger partial charge in [0.15, 0.2) is 0 Å². The van der Waals surface area contributed by atoms with E-state index in [1.54, 1.807) is 6.20 Å². The van der Waals surface area contributed by atoms with Crippen LogP contribution in [-0.2, 0) is 11.2 Å². The van der Waals surface area contributed by atoms with Crippen LogP contribution in [0.2, 0.25) is 0 Å². The second-order valence-corrected chi connectivity index (χ2v) is 4.01. The highest BCUT2D eigenvalue weighted by Crippen LogP contribution is 2.01. The number of aliphatic hydroxyl groups excluding tert-OH is 1. The van der Waals surface area contributed by atoms with E-state index in [0.717, 1.165) is 5.69 Å². The van der Waals surface area contributed by atoms with Crippen LogP contribution >= 0.6 is 0 Å². The molecule has 0 saturated heterocycles. The quantitative estimate of drug-likeness (QED) is 0.773. The minimum absolute atomic E-state index is 0.0267. The number of hydrogen-bond donors (Lipinski definition) is 2. The molecule has 0 fully saturated rings. The van der Waals surface area contributed by atoms with Gasteiger partial charge in [0, 0.05) is 24.5 Å². The van der Waals surface area contributed by atoms with Gasteiger partial charge in [0.25, 0.3) is 0 Å². The third kappa shape index (κ3) is 3.98. The molecule has 4 heteroatoms. The summed E-state index contributed by atoms with van der Waals surface area (Å²) >= 11 is 0. The van der Waals surface area contributed by atoms with Crippen LogP contribution in [0.1, 0.15) is 19.5 Å². The van der Waals surface area contributed by atoms with E-state index in [-0.39, 0.29) is 30.9 Å². The molecule has 88 valence electrons. The van der Waals surface area contributed by atoms with Crippen molar-refractivity contribution in [1.82, 2.24) is 10.3 Å². The fourth-order valence-corrected chi connectivity index (χ4v) is 1.27. The molecule has 1 aromatic heterocycles. The Balaban J connectivity index is 2.42. The molecular weight excluding hydrogens is 204 g/mol. The fourth-order valence-electron chi connectivity index (χ4n) is 1.27. The molecular formula is C12H18N2O2. The molecule has 2 unspecified atom stereocenters. The summed E-state index contributed by atoms with van der Waals surface area (Å²) in [5.74, 6) is -0.000757. The van der Waals surface area contributed by atoms with E-state index in [4.69, 9.17) is 5.11 Å². The molecule has 0 aromatic carbocycles. The van der Waals surface area contributed by atoms with Gasteiger partial charge in [0.1, 0.15) is 0 Å². The van der Waals surface area contributed by atoms with Crippen molar-refractivity contribution in [3.8, 4) is 0 Å². The number of amides is 1. The maximum atomic E-state index is 11.6. The molecule has 2 atom stereocenters. The molecule has 0 bridgehead atoms. The first-order valence-corrected chi connectivity index (χ1v) is 5.43. The number of aromatic nitrogens is 1. The van der Waals surface area contributed by atoms with Crippen LogP contribution in [0.5, 0.6) is 0 Å². The van der Waals surface area contributed by atoms with Crippen molar-refractivity contribution in [2.45, 2.75) is 26.3 Å². The lowest BCUT2D eigenvalue weighted by molar-refractivity contribution is -0.121. The van der Waals surface area contributed by atoms with Crippen molar-refractivity contribution in [1.29, 1.82) is 0 Å². The van der Waals surface area contributed by atoms with Gasteiger partial charge in [0.2, 0.25) is 5.91 Å². The summed E-state index contributed by atoms with van der Waals surface area (Å²) < 4.78 is 0. The standard InChI is InChI=1S/C12H18N2O2/c1-9(8-15)10(2)14-12(16)7-11-5-3-4-6-13-11/h3-6,9-10,15H,7-8H2,1-2H3,(H,14,16). The Morgan fingerprint density at radius 1 is 1.50 bits per heavy atom. The Bertz CT molecular complexity index is 327. The molecule has 0 radical (unpaired) electrons. The van der Waals surface area contributed by atoms with Gasteiger partial charge in [0.05, 0.1) is 6.42 Å². The minimum atomic E-state index is -0.0634. The average Bonchev–Trinajstić information content (AvgIpc) is 2.29. The van der Waals surface area contributed by atoms with Crippen LogP contribution < -0.4 is 5.32 Å². The topological polar surface area (TPSA) is 62.2 Å². The average molecular weight is 222 g/mol. The number of hydrogen-bond acceptors (Lipinski definition) is 3. The van der Waals surface area contributed by atoms with Crippen LogP contribution in [0.15, 0.2) is 24.4 Å². The molecule has 1 aromatic rings. The van der Waals surface area contributed by atoms with Crippen LogP contribution in [-0.4, -0.2) is 28.6 Å². The third-order valence-electron chi connectivity index (χ3n) is 2.60. The summed E-state index contributed by atoms with van der Waals surface area (Å²) in [7, 11) is 0. The molecule has 2 N–H and O–H groups in total. The molecule has 0 aliphatic rings. The van der Waals surface area contributed by atoms with Crippen LogP contribution in [0.3, 0.4) is 0 Å². The number of rotatable bonds is 5. The molecule has 16 heavy (non-hydrogen) atoms. The molecule has 0 aliphatic heterocycles. The maximum absolute atomic E-state index is 11.6. The second kappa shape index (κ2) is 6.23. The van der Waals surface area contributed by atoms with Crippen LogP contribution in [0.4, 0.5) is 0 Å². The van der Waals surface area contributed by atoms with E-state index >= 15 is 0 Å². The number of carbonyl (C=O) groups is 1. The lowest BCUT2D eigenvalue weighted by Crippen LogP contribution is -2.39. The number of pyridine rings is 1. The van der Waals surface area contributed by atoms with E-state index in [2.05, 4.69) is 10.3 Å². The SMILES string of the molecule is CC(CO)C(C)NC(=O)Cc1ccccn1. The van der Waals surface area contributed by atoms with Crippen molar-refractivity contribution in [3.05, 3.63) is 30.1 Å². The Hall–Kier alpha value is -1.42. The lowest BCUT2D eigenvalue weighted by atomic mass is 10.1. The molecule has 0 saturated carbocycles. The van der Waals surface area contributed by atoms with Crippen molar-refractivity contribution >= 4 is 5.91 Å². The van der Waals surface area contributed by atoms with Gasteiger partial charge >= 0.3 is 0 Å². The number of nitrogens with one attached hydrogen (secondary N) is 1. The molecule has 4 nitrogen and oxygen atoms in total. The largest absolute Gasteiger partial charge is 0.396 e. The summed E-state index contributed by atoms with van der Waals surface area (Å²) in [5, 5.41) is 11.8. The van der Waals surface area contributed by atoms with Gasteiger partial charge in [-0.1, -0.05) is 13.0 Å². The van der Waals surface area contributed by atoms with Crippen LogP contribution in [0, 0.1) is 5.92 Å². The van der Waals surface area contributed by atoms with E-state index in [1.807, 2.05) is 32.0 Å². The predicted molar refractivity (Wildman–Crippen MR) is 61.8 cm³/mol. The minimum Gasteiger partial charge on any atom is -0.396 e. The Morgan fingerprint density at radius 3 is 2.81 bits per heavy atom. The highest BCUT2D eigenvalue weighted by Gasteiger charge is 2.14. The zero-order chi connectivity index (χ0) is 12.0. The van der Waals surface area contributed by atoms with E-state index in [0.29, 0.717) is 0 Å². The maximum Gasteiger partial charge on any atom is 0.226 e. The molecule has 0 spiro atoms. The summed E-state index contributed by atoms with van der Waals surface area (Å²) in [6, 6.07) is 5.47. The van der Waals surface area contributed by atoms with Gasteiger partial charge in [-0.2, -0.15) is 0 Å². The number of carbonyl (C=O) groups excluding carboxylic acids is 1. The molecule has 0 aliphatic carbocycles. The van der Waals surface area contributed by atoms with E-state index < -0.39 is 0 Å². The van der Waals surface area contributed by atoms with E-state index in [1.165, 1.54) is 0 Å². The third-order valence-corrected chi connectivity index (χ3v) is 2.60. The highest BCUT2D eigenvalue weighted by molar-refractivity contribution is 5.78.